The summed E-state index contributed by atoms with van der Waals surface area (Å²) in [6.45, 7) is 7.26. The van der Waals surface area contributed by atoms with Gasteiger partial charge in [0.05, 0.1) is 52.9 Å². The van der Waals surface area contributed by atoms with Gasteiger partial charge in [-0.15, -0.1) is 0 Å². The second-order valence-corrected chi connectivity index (χ2v) is 19.3. The third-order valence-corrected chi connectivity index (χ3v) is 14.4. The lowest BCUT2D eigenvalue weighted by Gasteiger charge is -2.32. The second kappa shape index (κ2) is 19.5. The molecule has 8 aliphatic rings. The average molecular weight is 931 g/mol. The van der Waals surface area contributed by atoms with Crippen LogP contribution in [0.5, 0.6) is 5.88 Å². The fourth-order valence-corrected chi connectivity index (χ4v) is 10.5. The molecule has 4 saturated heterocycles. The number of nitrogens with zero attached hydrogens (tertiary/aromatic N) is 2. The molecule has 354 valence electrons. The van der Waals surface area contributed by atoms with E-state index in [0.717, 1.165) is 85.1 Å². The number of anilines is 1. The molecular formula is C48H58N4O13S. The van der Waals surface area contributed by atoms with Crippen molar-refractivity contribution in [3.05, 3.63) is 110 Å². The molecule has 1 saturated carbocycles. The normalized spacial score (nSPS) is 22.5. The standard InChI is InChI=1S/C18H19NO5S.C11H14N2O2.C11H13NO3.C8H12O3/c1-13-2-5-15(6-3-13)25(20,21)24-17-7-4-14-12-18(22-10-11-23-18)9-8-16(14)19-17;12-10-2-1-8-7-11(14-5-6-15-11)4-3-9(8)13-10;13-10-2-1-8-7-11(14-5-6-15-11)4-3-9(8)12-10;9-7-1-3-8(4-2-7)10-5-6-11-8/h2-7H,8-12H2,1H3;1-2H,3-7H2,(H2,12,13);1-2H,3-7H2,(H,12,13);1-6H2. The van der Waals surface area contributed by atoms with Crippen LogP contribution in [-0.2, 0) is 91.3 Å². The Bertz CT molecular complexity index is 2510. The van der Waals surface area contributed by atoms with Crippen LogP contribution in [0.25, 0.3) is 0 Å². The number of nitrogens with two attached hydrogens (primary N) is 1. The topological polar surface area (TPSA) is 219 Å². The van der Waals surface area contributed by atoms with Crippen LogP contribution in [0.3, 0.4) is 0 Å². The molecule has 4 aromatic rings. The van der Waals surface area contributed by atoms with E-state index in [1.165, 1.54) is 17.7 Å². The number of H-pyrrole nitrogens is 1. The van der Waals surface area contributed by atoms with Gasteiger partial charge in [0.25, 0.3) is 0 Å². The summed E-state index contributed by atoms with van der Waals surface area (Å²) in [4.78, 5) is 33.7. The predicted octanol–water partition coefficient (Wildman–Crippen LogP) is 4.76. The van der Waals surface area contributed by atoms with Gasteiger partial charge >= 0.3 is 10.1 Å². The molecule has 0 atom stereocenters. The Balaban J connectivity index is 0.000000116. The van der Waals surface area contributed by atoms with Crippen molar-refractivity contribution >= 4 is 21.7 Å². The number of aryl methyl sites for hydroxylation is 4. The second-order valence-electron chi connectivity index (χ2n) is 17.8. The van der Waals surface area contributed by atoms with Gasteiger partial charge in [-0.2, -0.15) is 8.42 Å². The molecule has 3 N–H and O–H groups in total. The Hall–Kier alpha value is -4.63. The number of nitrogens with one attached hydrogen (secondary N) is 1. The van der Waals surface area contributed by atoms with Gasteiger partial charge in [-0.05, 0) is 61.1 Å². The summed E-state index contributed by atoms with van der Waals surface area (Å²) in [5, 5.41) is 0. The highest BCUT2D eigenvalue weighted by molar-refractivity contribution is 7.87. The number of hydrogen-bond acceptors (Lipinski definition) is 16. The van der Waals surface area contributed by atoms with Gasteiger partial charge in [0.2, 0.25) is 11.4 Å². The summed E-state index contributed by atoms with van der Waals surface area (Å²) >= 11 is 0. The van der Waals surface area contributed by atoms with Crippen molar-refractivity contribution < 1.29 is 55.3 Å². The van der Waals surface area contributed by atoms with Crippen LogP contribution < -0.4 is 15.5 Å². The molecule has 18 heteroatoms. The fraction of sp³-hybridized carbons (Fsp3) is 0.542. The number of fused-ring (bicyclic) bond motifs is 3. The lowest BCUT2D eigenvalue weighted by molar-refractivity contribution is -0.179. The molecule has 17 nitrogen and oxygen atoms in total. The van der Waals surface area contributed by atoms with E-state index >= 15 is 0 Å². The molecule has 0 bridgehead atoms. The Kier molecular flexibility index (Phi) is 13.8. The quantitative estimate of drug-likeness (QED) is 0.265. The Labute approximate surface area is 384 Å². The van der Waals surface area contributed by atoms with E-state index < -0.39 is 21.7 Å². The van der Waals surface area contributed by atoms with Crippen molar-refractivity contribution in [1.29, 1.82) is 0 Å². The number of ether oxygens (including phenoxy) is 8. The maximum atomic E-state index is 12.4. The number of pyridine rings is 3. The molecule has 0 unspecified atom stereocenters. The van der Waals surface area contributed by atoms with Gasteiger partial charge in [-0.25, -0.2) is 9.97 Å². The number of hydrogen-bond donors (Lipinski definition) is 2. The number of rotatable bonds is 3. The Morgan fingerprint density at radius 2 is 1.00 bits per heavy atom. The SMILES string of the molecule is Cc1ccc(S(=O)(=O)Oc2ccc3c(n2)CCC2(C3)OCCO2)cc1.Nc1ccc2c(n1)CCC1(C2)OCCO1.O=C1CCC2(CC1)OCCO2.O=c1ccc2c([nH]1)CCC1(C2)OCCO1. The minimum absolute atomic E-state index is 0.0297. The number of aromatic nitrogens is 3. The molecule has 7 heterocycles. The first-order chi connectivity index (χ1) is 31.8. The zero-order valence-corrected chi connectivity index (χ0v) is 38.1. The number of carbonyl (C=O) groups is 1. The van der Waals surface area contributed by atoms with Crippen molar-refractivity contribution in [1.82, 2.24) is 15.0 Å². The number of ketones is 1. The molecule has 0 radical (unpaired) electrons. The van der Waals surface area contributed by atoms with Gasteiger partial charge in [0.1, 0.15) is 16.5 Å². The number of nitrogen functional groups attached to an aromatic ring is 1. The van der Waals surface area contributed by atoms with Gasteiger partial charge in [-0.1, -0.05) is 35.9 Å². The molecule has 4 aliphatic heterocycles. The average Bonchev–Trinajstić information content (AvgIpc) is 4.17. The Morgan fingerprint density at radius 3 is 1.56 bits per heavy atom. The van der Waals surface area contributed by atoms with Gasteiger partial charge in [-0.3, -0.25) is 9.59 Å². The van der Waals surface area contributed by atoms with Crippen molar-refractivity contribution in [3.8, 4) is 5.88 Å². The maximum Gasteiger partial charge on any atom is 0.340 e. The molecule has 5 fully saturated rings. The van der Waals surface area contributed by atoms with E-state index in [2.05, 4.69) is 15.0 Å². The first-order valence-corrected chi connectivity index (χ1v) is 24.3. The van der Waals surface area contributed by atoms with Gasteiger partial charge < -0.3 is 52.8 Å². The van der Waals surface area contributed by atoms with Gasteiger partial charge in [0, 0.05) is 93.4 Å². The first-order valence-electron chi connectivity index (χ1n) is 22.9. The minimum Gasteiger partial charge on any atom is -0.384 e. The Morgan fingerprint density at radius 1 is 0.545 bits per heavy atom. The summed E-state index contributed by atoms with van der Waals surface area (Å²) in [5.41, 5.74) is 12.9. The van der Waals surface area contributed by atoms with E-state index in [9.17, 15) is 18.0 Å². The lowest BCUT2D eigenvalue weighted by atomic mass is 9.91. The predicted molar refractivity (Wildman–Crippen MR) is 237 cm³/mol. The van der Waals surface area contributed by atoms with E-state index in [-0.39, 0.29) is 27.9 Å². The van der Waals surface area contributed by atoms with Crippen LogP contribution in [0.2, 0.25) is 0 Å². The molecular weight excluding hydrogens is 873 g/mol. The zero-order chi connectivity index (χ0) is 45.8. The highest BCUT2D eigenvalue weighted by atomic mass is 32.2. The highest BCUT2D eigenvalue weighted by Gasteiger charge is 2.43. The monoisotopic (exact) mass is 930 g/mol. The van der Waals surface area contributed by atoms with E-state index in [1.54, 1.807) is 24.3 Å². The number of Topliss-reactive ketones (excluding diaryl/α,β-unsaturated/α-hetero) is 1. The van der Waals surface area contributed by atoms with Crippen molar-refractivity contribution in [2.75, 3.05) is 58.6 Å². The highest BCUT2D eigenvalue weighted by Crippen LogP contribution is 2.38. The molecule has 4 aliphatic carbocycles. The van der Waals surface area contributed by atoms with Gasteiger partial charge in [0.15, 0.2) is 23.1 Å². The van der Waals surface area contributed by atoms with E-state index in [0.29, 0.717) is 96.6 Å². The van der Waals surface area contributed by atoms with Crippen LogP contribution in [0.1, 0.15) is 84.3 Å². The minimum atomic E-state index is -3.89. The summed E-state index contributed by atoms with van der Waals surface area (Å²) in [7, 11) is -3.89. The van der Waals surface area contributed by atoms with Crippen LogP contribution in [-0.4, -0.2) is 105 Å². The van der Waals surface area contributed by atoms with Crippen LogP contribution in [0.15, 0.2) is 70.4 Å². The van der Waals surface area contributed by atoms with E-state index in [1.807, 2.05) is 31.2 Å². The molecule has 66 heavy (non-hydrogen) atoms. The van der Waals surface area contributed by atoms with Crippen molar-refractivity contribution in [3.63, 3.8) is 0 Å². The summed E-state index contributed by atoms with van der Waals surface area (Å²) < 4.78 is 75.0. The molecule has 0 amide bonds. The first kappa shape index (κ1) is 46.5. The third kappa shape index (κ3) is 10.9. The number of benzene rings is 1. The smallest absolute Gasteiger partial charge is 0.340 e. The third-order valence-electron chi connectivity index (χ3n) is 13.2. The van der Waals surface area contributed by atoms with Crippen LogP contribution >= 0.6 is 0 Å². The van der Waals surface area contributed by atoms with E-state index in [4.69, 9.17) is 47.8 Å². The van der Waals surface area contributed by atoms with Crippen molar-refractivity contribution in [2.45, 2.75) is 118 Å². The molecule has 3 aromatic heterocycles. The molecule has 12 rings (SSSR count). The summed E-state index contributed by atoms with van der Waals surface area (Å²) in [6, 6.07) is 17.3. The summed E-state index contributed by atoms with van der Waals surface area (Å²) in [5.74, 6) is -0.661. The molecule has 1 aromatic carbocycles. The van der Waals surface area contributed by atoms with Crippen LogP contribution in [0.4, 0.5) is 5.82 Å². The number of aromatic amines is 1. The largest absolute Gasteiger partial charge is 0.384 e. The summed E-state index contributed by atoms with van der Waals surface area (Å²) in [6.07, 6.45) is 9.74. The number of carbonyl (C=O) groups excluding carboxylic acids is 1. The zero-order valence-electron chi connectivity index (χ0n) is 37.3. The van der Waals surface area contributed by atoms with Crippen LogP contribution in [0, 0.1) is 6.92 Å². The fourth-order valence-electron chi connectivity index (χ4n) is 9.65. The van der Waals surface area contributed by atoms with Crippen molar-refractivity contribution in [2.24, 2.45) is 0 Å². The maximum absolute atomic E-state index is 12.4. The molecule has 4 spiro atoms. The lowest BCUT2D eigenvalue weighted by Crippen LogP contribution is -2.37.